The van der Waals surface area contributed by atoms with Crippen LogP contribution in [0, 0.1) is 11.8 Å². The molecule has 7 heteroatoms. The van der Waals surface area contributed by atoms with Gasteiger partial charge in [-0.1, -0.05) is 36.3 Å². The summed E-state index contributed by atoms with van der Waals surface area (Å²) in [7, 11) is 0. The van der Waals surface area contributed by atoms with Crippen molar-refractivity contribution < 1.29 is 5.11 Å². The summed E-state index contributed by atoms with van der Waals surface area (Å²) in [6.45, 7) is 3.79. The van der Waals surface area contributed by atoms with E-state index in [9.17, 15) is 5.11 Å². The zero-order valence-electron chi connectivity index (χ0n) is 18.7. The highest BCUT2D eigenvalue weighted by molar-refractivity contribution is 5.93. The molecule has 0 aliphatic carbocycles. The summed E-state index contributed by atoms with van der Waals surface area (Å²) in [5.74, 6) is 6.97. The molecule has 33 heavy (non-hydrogen) atoms. The van der Waals surface area contributed by atoms with Crippen molar-refractivity contribution in [1.82, 2.24) is 19.9 Å². The van der Waals surface area contributed by atoms with Crippen molar-refractivity contribution in [2.45, 2.75) is 31.9 Å². The molecule has 3 aromatic heterocycles. The van der Waals surface area contributed by atoms with E-state index in [-0.39, 0.29) is 6.04 Å². The van der Waals surface area contributed by atoms with Gasteiger partial charge in [0.1, 0.15) is 22.6 Å². The first-order chi connectivity index (χ1) is 15.9. The largest absolute Gasteiger partial charge is 0.378 e. The first kappa shape index (κ1) is 22.3. The highest BCUT2D eigenvalue weighted by Crippen LogP contribution is 2.26. The maximum atomic E-state index is 10.0. The molecule has 0 bridgehead atoms. The van der Waals surface area contributed by atoms with Crippen LogP contribution in [0.3, 0.4) is 0 Å². The van der Waals surface area contributed by atoms with Crippen LogP contribution in [0.1, 0.15) is 25.1 Å². The molecule has 0 amide bonds. The van der Waals surface area contributed by atoms with Gasteiger partial charge in [0, 0.05) is 42.1 Å². The van der Waals surface area contributed by atoms with Gasteiger partial charge in [0.2, 0.25) is 0 Å². The SMILES string of the molecule is CC(C)(O)C#Cc1nccc2c(NCC(N)Cc3ccccc3)nc(-c3ccncc3)nc12. The molecule has 0 saturated heterocycles. The maximum Gasteiger partial charge on any atom is 0.162 e. The van der Waals surface area contributed by atoms with Gasteiger partial charge in [-0.15, -0.1) is 0 Å². The molecule has 0 radical (unpaired) electrons. The van der Waals surface area contributed by atoms with Gasteiger partial charge in [-0.25, -0.2) is 15.0 Å². The molecule has 7 nitrogen and oxygen atoms in total. The van der Waals surface area contributed by atoms with Crippen molar-refractivity contribution in [2.24, 2.45) is 5.73 Å². The molecule has 1 aromatic carbocycles. The summed E-state index contributed by atoms with van der Waals surface area (Å²) in [6, 6.07) is 15.6. The Balaban J connectivity index is 1.71. The first-order valence-electron chi connectivity index (χ1n) is 10.7. The second kappa shape index (κ2) is 9.74. The topological polar surface area (TPSA) is 110 Å². The summed E-state index contributed by atoms with van der Waals surface area (Å²) in [4.78, 5) is 18.0. The van der Waals surface area contributed by atoms with Crippen molar-refractivity contribution in [2.75, 3.05) is 11.9 Å². The molecular weight excluding hydrogens is 412 g/mol. The number of hydrogen-bond donors (Lipinski definition) is 3. The van der Waals surface area contributed by atoms with E-state index in [1.807, 2.05) is 36.4 Å². The Morgan fingerprint density at radius 1 is 1.03 bits per heavy atom. The number of nitrogens with one attached hydrogen (secondary N) is 1. The van der Waals surface area contributed by atoms with Gasteiger partial charge in [-0.3, -0.25) is 4.98 Å². The summed E-state index contributed by atoms with van der Waals surface area (Å²) >= 11 is 0. The zero-order chi connectivity index (χ0) is 23.3. The third-order valence-corrected chi connectivity index (χ3v) is 4.91. The van der Waals surface area contributed by atoms with Crippen molar-refractivity contribution in [3.63, 3.8) is 0 Å². The first-order valence-corrected chi connectivity index (χ1v) is 10.7. The van der Waals surface area contributed by atoms with Crippen LogP contribution in [0.15, 0.2) is 67.1 Å². The molecule has 1 unspecified atom stereocenters. The van der Waals surface area contributed by atoms with Gasteiger partial charge in [-0.05, 0) is 50.0 Å². The highest BCUT2D eigenvalue weighted by atomic mass is 16.3. The lowest BCUT2D eigenvalue weighted by Gasteiger charge is -2.16. The lowest BCUT2D eigenvalue weighted by Crippen LogP contribution is -2.31. The van der Waals surface area contributed by atoms with Crippen LogP contribution < -0.4 is 11.1 Å². The molecule has 0 spiro atoms. The summed E-state index contributed by atoms with van der Waals surface area (Å²) in [6.07, 6.45) is 5.81. The summed E-state index contributed by atoms with van der Waals surface area (Å²) in [5.41, 5.74) is 8.35. The van der Waals surface area contributed by atoms with Gasteiger partial charge < -0.3 is 16.2 Å². The van der Waals surface area contributed by atoms with Gasteiger partial charge in [0.25, 0.3) is 0 Å². The fourth-order valence-electron chi connectivity index (χ4n) is 3.34. The van der Waals surface area contributed by atoms with E-state index in [0.717, 1.165) is 17.4 Å². The van der Waals surface area contributed by atoms with Crippen LogP contribution in [0.2, 0.25) is 0 Å². The van der Waals surface area contributed by atoms with Gasteiger partial charge in [0.15, 0.2) is 5.82 Å². The van der Waals surface area contributed by atoms with Crippen molar-refractivity contribution >= 4 is 16.7 Å². The Bertz CT molecular complexity index is 1290. The quantitative estimate of drug-likeness (QED) is 0.397. The van der Waals surface area contributed by atoms with E-state index in [1.54, 1.807) is 32.4 Å². The van der Waals surface area contributed by atoms with E-state index >= 15 is 0 Å². The number of pyridine rings is 2. The molecule has 166 valence electrons. The molecular formula is C26H26N6O. The zero-order valence-corrected chi connectivity index (χ0v) is 18.7. The van der Waals surface area contributed by atoms with E-state index in [0.29, 0.717) is 29.4 Å². The van der Waals surface area contributed by atoms with E-state index < -0.39 is 5.60 Å². The van der Waals surface area contributed by atoms with Crippen LogP contribution in [-0.4, -0.2) is 43.2 Å². The van der Waals surface area contributed by atoms with Crippen LogP contribution in [-0.2, 0) is 6.42 Å². The number of nitrogens with zero attached hydrogens (tertiary/aromatic N) is 4. The van der Waals surface area contributed by atoms with E-state index in [1.165, 1.54) is 5.56 Å². The molecule has 4 rings (SSSR count). The number of aromatic nitrogens is 4. The van der Waals surface area contributed by atoms with Crippen molar-refractivity contribution in [3.05, 3.63) is 78.4 Å². The average molecular weight is 439 g/mol. The summed E-state index contributed by atoms with van der Waals surface area (Å²) < 4.78 is 0. The monoisotopic (exact) mass is 438 g/mol. The smallest absolute Gasteiger partial charge is 0.162 e. The number of hydrogen-bond acceptors (Lipinski definition) is 7. The van der Waals surface area contributed by atoms with Crippen LogP contribution in [0.5, 0.6) is 0 Å². The predicted molar refractivity (Wildman–Crippen MR) is 130 cm³/mol. The number of aliphatic hydroxyl groups is 1. The van der Waals surface area contributed by atoms with Gasteiger partial charge >= 0.3 is 0 Å². The van der Waals surface area contributed by atoms with Crippen molar-refractivity contribution in [1.29, 1.82) is 0 Å². The number of benzene rings is 1. The third kappa shape index (κ3) is 5.89. The molecule has 4 aromatic rings. The van der Waals surface area contributed by atoms with Gasteiger partial charge in [0.05, 0.1) is 0 Å². The second-order valence-corrected chi connectivity index (χ2v) is 8.33. The Morgan fingerprint density at radius 2 is 1.79 bits per heavy atom. The third-order valence-electron chi connectivity index (χ3n) is 4.91. The van der Waals surface area contributed by atoms with Crippen LogP contribution in [0.4, 0.5) is 5.82 Å². The Kier molecular flexibility index (Phi) is 6.59. The van der Waals surface area contributed by atoms with Crippen LogP contribution >= 0.6 is 0 Å². The number of anilines is 1. The lowest BCUT2D eigenvalue weighted by atomic mass is 10.1. The Morgan fingerprint density at radius 3 is 2.52 bits per heavy atom. The molecule has 1 atom stereocenters. The molecule has 0 fully saturated rings. The predicted octanol–water partition coefficient (Wildman–Crippen LogP) is 3.19. The average Bonchev–Trinajstić information content (AvgIpc) is 2.81. The standard InChI is InChI=1S/C26H26N6O/c1-26(2,33)12-8-22-23-21(11-15-29-22)25(32-24(31-23)19-9-13-28-14-10-19)30-17-20(27)16-18-6-4-3-5-7-18/h3-7,9-11,13-15,20,33H,16-17,27H2,1-2H3,(H,30,31,32). The maximum absolute atomic E-state index is 10.0. The normalized spacial score (nSPS) is 12.1. The minimum Gasteiger partial charge on any atom is -0.378 e. The molecule has 0 saturated carbocycles. The van der Waals surface area contributed by atoms with E-state index in [4.69, 9.17) is 15.7 Å². The molecule has 0 aliphatic rings. The minimum atomic E-state index is -1.14. The van der Waals surface area contributed by atoms with Crippen molar-refractivity contribution in [3.8, 4) is 23.2 Å². The minimum absolute atomic E-state index is 0.0990. The second-order valence-electron chi connectivity index (χ2n) is 8.33. The molecule has 4 N–H and O–H groups in total. The fourth-order valence-corrected chi connectivity index (χ4v) is 3.34. The highest BCUT2D eigenvalue weighted by Gasteiger charge is 2.14. The van der Waals surface area contributed by atoms with E-state index in [2.05, 4.69) is 39.3 Å². The summed E-state index contributed by atoms with van der Waals surface area (Å²) in [5, 5.41) is 14.2. The molecule has 3 heterocycles. The lowest BCUT2D eigenvalue weighted by molar-refractivity contribution is 0.143. The van der Waals surface area contributed by atoms with Gasteiger partial charge in [-0.2, -0.15) is 0 Å². The Hall–Kier alpha value is -3.86. The number of nitrogens with two attached hydrogens (primary N) is 1. The number of rotatable bonds is 6. The van der Waals surface area contributed by atoms with Crippen LogP contribution in [0.25, 0.3) is 22.3 Å². The molecule has 0 aliphatic heterocycles. The fraction of sp³-hybridized carbons (Fsp3) is 0.231. The Labute approximate surface area is 193 Å². The number of fused-ring (bicyclic) bond motifs is 1.